The number of aromatic nitrogens is 1. The fraction of sp³-hybridized carbons (Fsp3) is 0.667. The summed E-state index contributed by atoms with van der Waals surface area (Å²) in [6, 6.07) is 0. The van der Waals surface area contributed by atoms with Crippen LogP contribution in [0.1, 0.15) is 6.92 Å². The van der Waals surface area contributed by atoms with Crippen molar-refractivity contribution in [2.45, 2.75) is 6.92 Å². The van der Waals surface area contributed by atoms with E-state index in [2.05, 4.69) is 19.8 Å². The number of guanidine groups is 1. The fourth-order valence-corrected chi connectivity index (χ4v) is 2.60. The average Bonchev–Trinajstić information content (AvgIpc) is 2.98. The van der Waals surface area contributed by atoms with Gasteiger partial charge in [0.05, 0.1) is 0 Å². The molecule has 2 heterocycles. The molecule has 1 aromatic rings. The van der Waals surface area contributed by atoms with E-state index >= 15 is 0 Å². The highest BCUT2D eigenvalue weighted by atomic mass is 127. The lowest BCUT2D eigenvalue weighted by atomic mass is 10.2. The molecule has 0 aromatic carbocycles. The highest BCUT2D eigenvalue weighted by Gasteiger charge is 2.19. The lowest BCUT2D eigenvalue weighted by Crippen LogP contribution is -2.51. The lowest BCUT2D eigenvalue weighted by Gasteiger charge is -2.35. The third-order valence-corrected chi connectivity index (χ3v) is 4.00. The zero-order chi connectivity index (χ0) is 13.7. The predicted octanol–water partition coefficient (Wildman–Crippen LogP) is 0.826. The van der Waals surface area contributed by atoms with Crippen molar-refractivity contribution in [3.8, 4) is 0 Å². The molecule has 0 radical (unpaired) electrons. The second-order valence-electron chi connectivity index (χ2n) is 4.78. The number of rotatable bonds is 4. The van der Waals surface area contributed by atoms with Crippen molar-refractivity contribution in [1.29, 1.82) is 0 Å². The Hall–Kier alpha value is -0.610. The van der Waals surface area contributed by atoms with Crippen molar-refractivity contribution in [1.82, 2.24) is 9.88 Å². The van der Waals surface area contributed by atoms with Gasteiger partial charge in [0.25, 0.3) is 0 Å². The molecule has 6 nitrogen and oxygen atoms in total. The molecule has 0 spiro atoms. The lowest BCUT2D eigenvalue weighted by molar-refractivity contribution is 0.241. The molecule has 1 unspecified atom stereocenters. The Morgan fingerprint density at radius 3 is 2.75 bits per heavy atom. The van der Waals surface area contributed by atoms with Gasteiger partial charge in [-0.1, -0.05) is 6.92 Å². The number of piperazine rings is 1. The van der Waals surface area contributed by atoms with Crippen LogP contribution in [0.4, 0.5) is 5.13 Å². The standard InChI is InChI=1S/C12H21N5OS.HI/c1-10(9-18)8-15-11(13)16-3-5-17(6-4-16)12-14-2-7-19-12;/h2,7,10,18H,3-6,8-9H2,1H3,(H2,13,15);1H. The number of hydrogen-bond donors (Lipinski definition) is 2. The fourth-order valence-electron chi connectivity index (χ4n) is 1.91. The highest BCUT2D eigenvalue weighted by molar-refractivity contribution is 14.0. The third kappa shape index (κ3) is 4.74. The Balaban J connectivity index is 0.00000200. The minimum absolute atomic E-state index is 0. The van der Waals surface area contributed by atoms with Gasteiger partial charge in [0.15, 0.2) is 11.1 Å². The van der Waals surface area contributed by atoms with Gasteiger partial charge in [0, 0.05) is 50.9 Å². The number of aliphatic hydroxyl groups is 1. The summed E-state index contributed by atoms with van der Waals surface area (Å²) in [5.74, 6) is 0.745. The Labute approximate surface area is 140 Å². The molecule has 2 rings (SSSR count). The molecular weight excluding hydrogens is 389 g/mol. The number of aliphatic imine (C=N–C) groups is 1. The van der Waals surface area contributed by atoms with Crippen LogP contribution in [0, 0.1) is 5.92 Å². The first-order valence-corrected chi connectivity index (χ1v) is 7.39. The first kappa shape index (κ1) is 17.4. The van der Waals surface area contributed by atoms with E-state index in [9.17, 15) is 0 Å². The van der Waals surface area contributed by atoms with Gasteiger partial charge in [0.2, 0.25) is 0 Å². The monoisotopic (exact) mass is 411 g/mol. The van der Waals surface area contributed by atoms with Gasteiger partial charge in [-0.15, -0.1) is 35.3 Å². The minimum Gasteiger partial charge on any atom is -0.396 e. The summed E-state index contributed by atoms with van der Waals surface area (Å²) in [6.45, 7) is 6.24. The first-order chi connectivity index (χ1) is 9.20. The van der Waals surface area contributed by atoms with E-state index in [0.717, 1.165) is 31.3 Å². The maximum atomic E-state index is 8.96. The molecule has 1 aromatic heterocycles. The quantitative estimate of drug-likeness (QED) is 0.436. The van der Waals surface area contributed by atoms with Gasteiger partial charge >= 0.3 is 0 Å². The van der Waals surface area contributed by atoms with E-state index in [0.29, 0.717) is 12.5 Å². The zero-order valence-corrected chi connectivity index (χ0v) is 14.8. The van der Waals surface area contributed by atoms with Gasteiger partial charge in [-0.25, -0.2) is 4.98 Å². The second kappa shape index (κ2) is 8.63. The van der Waals surface area contributed by atoms with Crippen molar-refractivity contribution in [3.05, 3.63) is 11.6 Å². The summed E-state index contributed by atoms with van der Waals surface area (Å²) in [5, 5.41) is 12.0. The molecule has 0 aliphatic carbocycles. The van der Waals surface area contributed by atoms with Crippen LogP contribution in [-0.2, 0) is 0 Å². The number of nitrogens with two attached hydrogens (primary N) is 1. The molecule has 1 aliphatic rings. The van der Waals surface area contributed by atoms with E-state index in [1.807, 2.05) is 18.5 Å². The minimum atomic E-state index is 0. The Morgan fingerprint density at radius 1 is 1.50 bits per heavy atom. The van der Waals surface area contributed by atoms with E-state index in [4.69, 9.17) is 10.8 Å². The first-order valence-electron chi connectivity index (χ1n) is 6.51. The maximum absolute atomic E-state index is 8.96. The molecule has 1 atom stereocenters. The van der Waals surface area contributed by atoms with E-state index in [1.165, 1.54) is 0 Å². The molecule has 8 heteroatoms. The predicted molar refractivity (Wildman–Crippen MR) is 94.1 cm³/mol. The molecule has 1 fully saturated rings. The summed E-state index contributed by atoms with van der Waals surface area (Å²) in [5.41, 5.74) is 5.98. The molecular formula is C12H22IN5OS. The topological polar surface area (TPSA) is 78.0 Å². The molecule has 3 N–H and O–H groups in total. The Bertz CT molecular complexity index is 406. The van der Waals surface area contributed by atoms with Crippen molar-refractivity contribution >= 4 is 46.4 Å². The van der Waals surface area contributed by atoms with Crippen LogP contribution < -0.4 is 10.6 Å². The third-order valence-electron chi connectivity index (χ3n) is 3.17. The normalized spacial score (nSPS) is 17.8. The van der Waals surface area contributed by atoms with Crippen LogP contribution >= 0.6 is 35.3 Å². The van der Waals surface area contributed by atoms with Crippen molar-refractivity contribution in [2.75, 3.05) is 44.2 Å². The highest BCUT2D eigenvalue weighted by Crippen LogP contribution is 2.18. The van der Waals surface area contributed by atoms with Crippen LogP contribution in [-0.4, -0.2) is 60.3 Å². The van der Waals surface area contributed by atoms with Crippen LogP contribution in [0.5, 0.6) is 0 Å². The number of nitrogens with zero attached hydrogens (tertiary/aromatic N) is 4. The van der Waals surface area contributed by atoms with Crippen LogP contribution in [0.3, 0.4) is 0 Å². The molecule has 20 heavy (non-hydrogen) atoms. The summed E-state index contributed by atoms with van der Waals surface area (Å²) < 4.78 is 0. The van der Waals surface area contributed by atoms with E-state index in [-0.39, 0.29) is 36.5 Å². The Kier molecular flexibility index (Phi) is 7.52. The van der Waals surface area contributed by atoms with Gasteiger partial charge in [-0.2, -0.15) is 0 Å². The maximum Gasteiger partial charge on any atom is 0.191 e. The summed E-state index contributed by atoms with van der Waals surface area (Å²) >= 11 is 1.66. The van der Waals surface area contributed by atoms with Gasteiger partial charge in [-0.05, 0) is 5.92 Å². The van der Waals surface area contributed by atoms with Crippen LogP contribution in [0.15, 0.2) is 16.6 Å². The number of aliphatic hydroxyl groups excluding tert-OH is 1. The molecule has 0 amide bonds. The largest absolute Gasteiger partial charge is 0.396 e. The van der Waals surface area contributed by atoms with Gasteiger partial charge < -0.3 is 20.6 Å². The average molecular weight is 411 g/mol. The summed E-state index contributed by atoms with van der Waals surface area (Å²) in [6.07, 6.45) is 1.83. The van der Waals surface area contributed by atoms with E-state index < -0.39 is 0 Å². The van der Waals surface area contributed by atoms with Crippen molar-refractivity contribution < 1.29 is 5.11 Å². The molecule has 1 saturated heterocycles. The van der Waals surface area contributed by atoms with E-state index in [1.54, 1.807) is 11.3 Å². The van der Waals surface area contributed by atoms with Gasteiger partial charge in [-0.3, -0.25) is 4.99 Å². The van der Waals surface area contributed by atoms with Crippen LogP contribution in [0.25, 0.3) is 0 Å². The number of thiazole rings is 1. The summed E-state index contributed by atoms with van der Waals surface area (Å²) in [7, 11) is 0. The van der Waals surface area contributed by atoms with Crippen LogP contribution in [0.2, 0.25) is 0 Å². The summed E-state index contributed by atoms with van der Waals surface area (Å²) in [4.78, 5) is 13.0. The number of halogens is 1. The van der Waals surface area contributed by atoms with Crippen molar-refractivity contribution in [3.63, 3.8) is 0 Å². The number of hydrogen-bond acceptors (Lipinski definition) is 5. The van der Waals surface area contributed by atoms with Gasteiger partial charge in [0.1, 0.15) is 0 Å². The number of anilines is 1. The molecule has 0 bridgehead atoms. The van der Waals surface area contributed by atoms with Crippen molar-refractivity contribution in [2.24, 2.45) is 16.6 Å². The SMILES string of the molecule is CC(CO)CN=C(N)N1CCN(c2nccs2)CC1.I. The molecule has 1 aliphatic heterocycles. The second-order valence-corrected chi connectivity index (χ2v) is 5.65. The Morgan fingerprint density at radius 2 is 2.20 bits per heavy atom. The zero-order valence-electron chi connectivity index (χ0n) is 11.6. The smallest absolute Gasteiger partial charge is 0.191 e. The molecule has 0 saturated carbocycles. The molecule has 114 valence electrons.